The average Bonchev–Trinajstić information content (AvgIpc) is 2.71. The predicted octanol–water partition coefficient (Wildman–Crippen LogP) is 5.03. The fourth-order valence-corrected chi connectivity index (χ4v) is 2.88. The van der Waals surface area contributed by atoms with Crippen molar-refractivity contribution in [1.82, 2.24) is 0 Å². The van der Waals surface area contributed by atoms with Gasteiger partial charge in [-0.25, -0.2) is 22.4 Å². The minimum atomic E-state index is -1.30. The van der Waals surface area contributed by atoms with E-state index < -0.39 is 47.3 Å². The van der Waals surface area contributed by atoms with Crippen LogP contribution in [0.1, 0.15) is 5.56 Å². The highest BCUT2D eigenvalue weighted by Gasteiger charge is 2.16. The highest BCUT2D eigenvalue weighted by atomic mass is 19.1. The maximum atomic E-state index is 14.4. The molecule has 0 aromatic heterocycles. The zero-order valence-electron chi connectivity index (χ0n) is 15.6. The Hall–Kier alpha value is -3.55. The summed E-state index contributed by atoms with van der Waals surface area (Å²) < 4.78 is 60.7. The standard InChI is InChI=1S/C22H17F4NO3/c23-16-3-1-2-13(11-16)14-4-5-17(24)15(10-14)8-9-27-22-18(25)6-7-19(21(22)26)30-12-20(28)29/h1-7,10-11,27H,8-9,12H2,(H,28,29). The second-order valence-corrected chi connectivity index (χ2v) is 6.41. The van der Waals surface area contributed by atoms with Gasteiger partial charge in [0, 0.05) is 6.54 Å². The van der Waals surface area contributed by atoms with E-state index in [-0.39, 0.29) is 18.5 Å². The quantitative estimate of drug-likeness (QED) is 0.503. The van der Waals surface area contributed by atoms with Crippen LogP contribution in [0.25, 0.3) is 11.1 Å². The molecule has 0 fully saturated rings. The Kier molecular flexibility index (Phi) is 6.56. The predicted molar refractivity (Wildman–Crippen MR) is 103 cm³/mol. The van der Waals surface area contributed by atoms with Gasteiger partial charge in [-0.1, -0.05) is 18.2 Å². The Labute approximate surface area is 169 Å². The molecular weight excluding hydrogens is 402 g/mol. The topological polar surface area (TPSA) is 58.6 Å². The summed E-state index contributed by atoms with van der Waals surface area (Å²) >= 11 is 0. The van der Waals surface area contributed by atoms with Gasteiger partial charge < -0.3 is 15.2 Å². The molecule has 0 amide bonds. The number of benzene rings is 3. The van der Waals surface area contributed by atoms with E-state index in [2.05, 4.69) is 5.32 Å². The number of nitrogens with one attached hydrogen (secondary N) is 1. The van der Waals surface area contributed by atoms with Crippen LogP contribution in [0.15, 0.2) is 54.6 Å². The smallest absolute Gasteiger partial charge is 0.341 e. The lowest BCUT2D eigenvalue weighted by Gasteiger charge is -2.13. The lowest BCUT2D eigenvalue weighted by atomic mass is 10.0. The molecule has 0 radical (unpaired) electrons. The van der Waals surface area contributed by atoms with Crippen molar-refractivity contribution in [3.8, 4) is 16.9 Å². The van der Waals surface area contributed by atoms with Crippen molar-refractivity contribution in [3.63, 3.8) is 0 Å². The van der Waals surface area contributed by atoms with Gasteiger partial charge in [0.1, 0.15) is 23.1 Å². The number of carboxylic acids is 1. The third-order valence-corrected chi connectivity index (χ3v) is 4.31. The lowest BCUT2D eigenvalue weighted by Crippen LogP contribution is -2.13. The molecule has 0 aliphatic heterocycles. The van der Waals surface area contributed by atoms with Gasteiger partial charge in [-0.15, -0.1) is 0 Å². The Bertz CT molecular complexity index is 1070. The molecule has 4 nitrogen and oxygen atoms in total. The minimum Gasteiger partial charge on any atom is -0.479 e. The molecule has 0 aliphatic rings. The van der Waals surface area contributed by atoms with Crippen LogP contribution in [0.2, 0.25) is 0 Å². The fourth-order valence-electron chi connectivity index (χ4n) is 2.88. The molecule has 0 aliphatic carbocycles. The zero-order valence-corrected chi connectivity index (χ0v) is 15.6. The summed E-state index contributed by atoms with van der Waals surface area (Å²) in [6.45, 7) is -0.792. The van der Waals surface area contributed by atoms with Gasteiger partial charge in [0.2, 0.25) is 0 Å². The third-order valence-electron chi connectivity index (χ3n) is 4.31. The number of anilines is 1. The summed E-state index contributed by atoms with van der Waals surface area (Å²) in [5.74, 6) is -4.62. The first-order valence-corrected chi connectivity index (χ1v) is 8.96. The van der Waals surface area contributed by atoms with Gasteiger partial charge in [-0.3, -0.25) is 0 Å². The molecule has 3 aromatic rings. The van der Waals surface area contributed by atoms with Crippen molar-refractivity contribution in [3.05, 3.63) is 83.4 Å². The number of hydrogen-bond donors (Lipinski definition) is 2. The number of ether oxygens (including phenoxy) is 1. The summed E-state index contributed by atoms with van der Waals surface area (Å²) in [6, 6.07) is 12.1. The van der Waals surface area contributed by atoms with Crippen LogP contribution < -0.4 is 10.1 Å². The maximum absolute atomic E-state index is 14.4. The van der Waals surface area contributed by atoms with Crippen molar-refractivity contribution in [2.75, 3.05) is 18.5 Å². The van der Waals surface area contributed by atoms with E-state index in [0.717, 1.165) is 12.1 Å². The first-order chi connectivity index (χ1) is 14.3. The molecule has 8 heteroatoms. The van der Waals surface area contributed by atoms with E-state index in [1.54, 1.807) is 18.2 Å². The van der Waals surface area contributed by atoms with Gasteiger partial charge in [0.05, 0.1) is 0 Å². The van der Waals surface area contributed by atoms with Crippen LogP contribution in [-0.4, -0.2) is 24.2 Å². The van der Waals surface area contributed by atoms with Crippen LogP contribution in [0.5, 0.6) is 5.75 Å². The number of rotatable bonds is 8. The summed E-state index contributed by atoms with van der Waals surface area (Å²) in [4.78, 5) is 10.6. The molecule has 2 N–H and O–H groups in total. The molecule has 30 heavy (non-hydrogen) atoms. The molecule has 3 rings (SSSR count). The molecule has 0 bridgehead atoms. The van der Waals surface area contributed by atoms with E-state index in [4.69, 9.17) is 9.84 Å². The van der Waals surface area contributed by atoms with Crippen molar-refractivity contribution >= 4 is 11.7 Å². The lowest BCUT2D eigenvalue weighted by molar-refractivity contribution is -0.139. The number of carbonyl (C=O) groups is 1. The molecular formula is C22H17F4NO3. The van der Waals surface area contributed by atoms with Gasteiger partial charge in [-0.05, 0) is 59.5 Å². The monoisotopic (exact) mass is 419 g/mol. The number of halogens is 4. The highest BCUT2D eigenvalue weighted by molar-refractivity contribution is 5.68. The molecule has 0 heterocycles. The average molecular weight is 419 g/mol. The first-order valence-electron chi connectivity index (χ1n) is 8.96. The molecule has 0 spiro atoms. The Morgan fingerprint density at radius 1 is 0.933 bits per heavy atom. The fraction of sp³-hybridized carbons (Fsp3) is 0.136. The zero-order chi connectivity index (χ0) is 21.7. The molecule has 0 atom stereocenters. The summed E-state index contributed by atoms with van der Waals surface area (Å²) in [5.41, 5.74) is 0.958. The van der Waals surface area contributed by atoms with Crippen molar-refractivity contribution in [2.45, 2.75) is 6.42 Å². The summed E-state index contributed by atoms with van der Waals surface area (Å²) in [7, 11) is 0. The summed E-state index contributed by atoms with van der Waals surface area (Å²) in [5, 5.41) is 11.2. The van der Waals surface area contributed by atoms with Crippen LogP contribution >= 0.6 is 0 Å². The van der Waals surface area contributed by atoms with Crippen LogP contribution in [0, 0.1) is 23.3 Å². The number of aliphatic carboxylic acids is 1. The minimum absolute atomic E-state index is 0.0141. The normalized spacial score (nSPS) is 10.7. The van der Waals surface area contributed by atoms with E-state index in [0.29, 0.717) is 11.1 Å². The Balaban J connectivity index is 1.73. The van der Waals surface area contributed by atoms with Gasteiger partial charge >= 0.3 is 5.97 Å². The number of carboxylic acid groups (broad SMARTS) is 1. The van der Waals surface area contributed by atoms with Crippen molar-refractivity contribution in [1.29, 1.82) is 0 Å². The van der Waals surface area contributed by atoms with Crippen LogP contribution in [0.3, 0.4) is 0 Å². The van der Waals surface area contributed by atoms with Crippen LogP contribution in [0.4, 0.5) is 23.2 Å². The Morgan fingerprint density at radius 3 is 2.40 bits per heavy atom. The SMILES string of the molecule is O=C(O)COc1ccc(F)c(NCCc2cc(-c3cccc(F)c3)ccc2F)c1F. The molecule has 156 valence electrons. The van der Waals surface area contributed by atoms with E-state index in [1.165, 1.54) is 24.3 Å². The van der Waals surface area contributed by atoms with Gasteiger partial charge in [-0.2, -0.15) is 0 Å². The van der Waals surface area contributed by atoms with E-state index >= 15 is 0 Å². The largest absolute Gasteiger partial charge is 0.479 e. The van der Waals surface area contributed by atoms with Crippen LogP contribution in [-0.2, 0) is 11.2 Å². The van der Waals surface area contributed by atoms with Gasteiger partial charge in [0.25, 0.3) is 0 Å². The Morgan fingerprint density at radius 2 is 1.67 bits per heavy atom. The molecule has 0 saturated heterocycles. The van der Waals surface area contributed by atoms with E-state index in [9.17, 15) is 22.4 Å². The van der Waals surface area contributed by atoms with Crippen molar-refractivity contribution in [2.24, 2.45) is 0 Å². The highest BCUT2D eigenvalue weighted by Crippen LogP contribution is 2.28. The summed E-state index contributed by atoms with van der Waals surface area (Å²) in [6.07, 6.45) is 0.0913. The molecule has 0 saturated carbocycles. The maximum Gasteiger partial charge on any atom is 0.341 e. The molecule has 0 unspecified atom stereocenters. The third kappa shape index (κ3) is 5.08. The number of hydrogen-bond acceptors (Lipinski definition) is 3. The van der Waals surface area contributed by atoms with Crippen molar-refractivity contribution < 1.29 is 32.2 Å². The second-order valence-electron chi connectivity index (χ2n) is 6.41. The van der Waals surface area contributed by atoms with Gasteiger partial charge in [0.15, 0.2) is 18.2 Å². The first kappa shape index (κ1) is 21.2. The van der Waals surface area contributed by atoms with E-state index in [1.807, 2.05) is 0 Å². The molecule has 3 aromatic carbocycles. The second kappa shape index (κ2) is 9.30.